The second kappa shape index (κ2) is 2.67. The molecule has 0 amide bonds. The van der Waals surface area contributed by atoms with Crippen molar-refractivity contribution < 1.29 is 22.8 Å². The van der Waals surface area contributed by atoms with Crippen LogP contribution in [0, 0.1) is 17.5 Å². The minimum absolute atomic E-state index is 0.269. The standard InChI is InChI=1S/C9H3F3O2/c10-3-1-4(11)9(12)8-6(14)2-5(13)7(3)8/h1H,2H2. The van der Waals surface area contributed by atoms with Gasteiger partial charge in [0.15, 0.2) is 23.2 Å². The number of hydrogen-bond donors (Lipinski definition) is 0. The van der Waals surface area contributed by atoms with Gasteiger partial charge in [0, 0.05) is 6.07 Å². The van der Waals surface area contributed by atoms with Crippen LogP contribution in [0.1, 0.15) is 27.1 Å². The first-order valence-corrected chi connectivity index (χ1v) is 3.76. The summed E-state index contributed by atoms with van der Waals surface area (Å²) in [6.45, 7) is 0. The van der Waals surface area contributed by atoms with Crippen molar-refractivity contribution in [3.63, 3.8) is 0 Å². The molecule has 0 spiro atoms. The van der Waals surface area contributed by atoms with Crippen LogP contribution in [0.3, 0.4) is 0 Å². The van der Waals surface area contributed by atoms with Crippen molar-refractivity contribution in [3.05, 3.63) is 34.6 Å². The van der Waals surface area contributed by atoms with Gasteiger partial charge in [-0.1, -0.05) is 0 Å². The fraction of sp³-hybridized carbons (Fsp3) is 0.111. The molecule has 1 aromatic carbocycles. The predicted octanol–water partition coefficient (Wildman–Crippen LogP) is 1.87. The monoisotopic (exact) mass is 200 g/mol. The average molecular weight is 200 g/mol. The minimum atomic E-state index is -1.45. The highest BCUT2D eigenvalue weighted by Crippen LogP contribution is 2.28. The van der Waals surface area contributed by atoms with Crippen LogP contribution in [-0.2, 0) is 0 Å². The van der Waals surface area contributed by atoms with Crippen LogP contribution in [0.25, 0.3) is 0 Å². The molecule has 0 aromatic heterocycles. The summed E-state index contributed by atoms with van der Waals surface area (Å²) >= 11 is 0. The predicted molar refractivity (Wildman–Crippen MR) is 39.6 cm³/mol. The Labute approximate surface area is 76.3 Å². The number of halogens is 3. The van der Waals surface area contributed by atoms with Gasteiger partial charge in [-0.05, 0) is 0 Å². The van der Waals surface area contributed by atoms with E-state index in [0.29, 0.717) is 0 Å². The van der Waals surface area contributed by atoms with E-state index in [1.807, 2.05) is 0 Å². The van der Waals surface area contributed by atoms with Crippen molar-refractivity contribution in [1.82, 2.24) is 0 Å². The molecule has 0 aliphatic heterocycles. The van der Waals surface area contributed by atoms with Gasteiger partial charge < -0.3 is 0 Å². The van der Waals surface area contributed by atoms with Gasteiger partial charge in [0.25, 0.3) is 0 Å². The Morgan fingerprint density at radius 3 is 2.14 bits per heavy atom. The van der Waals surface area contributed by atoms with Crippen molar-refractivity contribution in [2.75, 3.05) is 0 Å². The Kier molecular flexibility index (Phi) is 1.70. The summed E-state index contributed by atoms with van der Waals surface area (Å²) in [5, 5.41) is 0. The van der Waals surface area contributed by atoms with Gasteiger partial charge in [-0.15, -0.1) is 0 Å². The van der Waals surface area contributed by atoms with Gasteiger partial charge in [-0.3, -0.25) is 9.59 Å². The largest absolute Gasteiger partial charge is 0.294 e. The summed E-state index contributed by atoms with van der Waals surface area (Å²) < 4.78 is 38.6. The van der Waals surface area contributed by atoms with Crippen LogP contribution in [0.4, 0.5) is 13.2 Å². The zero-order chi connectivity index (χ0) is 10.5. The van der Waals surface area contributed by atoms with E-state index in [1.165, 1.54) is 0 Å². The second-order valence-corrected chi connectivity index (χ2v) is 2.93. The molecular formula is C9H3F3O2. The Morgan fingerprint density at radius 1 is 0.929 bits per heavy atom. The molecule has 0 atom stereocenters. The van der Waals surface area contributed by atoms with Gasteiger partial charge in [0.1, 0.15) is 5.82 Å². The van der Waals surface area contributed by atoms with Crippen LogP contribution in [-0.4, -0.2) is 11.6 Å². The number of Topliss-reactive ketones (excluding diaryl/α,β-unsaturated/α-hetero) is 2. The number of ketones is 2. The topological polar surface area (TPSA) is 34.1 Å². The molecule has 2 nitrogen and oxygen atoms in total. The molecule has 14 heavy (non-hydrogen) atoms. The number of rotatable bonds is 0. The quantitative estimate of drug-likeness (QED) is 0.473. The summed E-state index contributed by atoms with van der Waals surface area (Å²) in [5.74, 6) is -5.77. The Bertz CT molecular complexity index is 466. The maximum Gasteiger partial charge on any atom is 0.174 e. The lowest BCUT2D eigenvalue weighted by Gasteiger charge is -2.00. The molecule has 5 heteroatoms. The first-order chi connectivity index (χ1) is 6.52. The van der Waals surface area contributed by atoms with Gasteiger partial charge in [-0.25, -0.2) is 13.2 Å². The van der Waals surface area contributed by atoms with Crippen molar-refractivity contribution in [2.24, 2.45) is 0 Å². The van der Waals surface area contributed by atoms with Crippen LogP contribution in [0.15, 0.2) is 6.07 Å². The van der Waals surface area contributed by atoms with E-state index in [4.69, 9.17) is 0 Å². The van der Waals surface area contributed by atoms with Crippen LogP contribution >= 0.6 is 0 Å². The second-order valence-electron chi connectivity index (χ2n) is 2.93. The third-order valence-corrected chi connectivity index (χ3v) is 2.05. The van der Waals surface area contributed by atoms with Crippen molar-refractivity contribution in [2.45, 2.75) is 6.42 Å². The lowest BCUT2D eigenvalue weighted by molar-refractivity contribution is 0.0921. The van der Waals surface area contributed by atoms with Crippen molar-refractivity contribution in [3.8, 4) is 0 Å². The minimum Gasteiger partial charge on any atom is -0.294 e. The van der Waals surface area contributed by atoms with Crippen LogP contribution in [0.5, 0.6) is 0 Å². The smallest absolute Gasteiger partial charge is 0.174 e. The van der Waals surface area contributed by atoms with E-state index in [2.05, 4.69) is 0 Å². The number of hydrogen-bond acceptors (Lipinski definition) is 2. The molecule has 0 fully saturated rings. The molecule has 1 aliphatic rings. The van der Waals surface area contributed by atoms with E-state index in [0.717, 1.165) is 0 Å². The Hall–Kier alpha value is -1.65. The number of benzene rings is 1. The van der Waals surface area contributed by atoms with Gasteiger partial charge >= 0.3 is 0 Å². The van der Waals surface area contributed by atoms with E-state index >= 15 is 0 Å². The third-order valence-electron chi connectivity index (χ3n) is 2.05. The average Bonchev–Trinajstić information content (AvgIpc) is 2.38. The molecule has 1 aromatic rings. The normalized spacial score (nSPS) is 14.8. The number of carbonyl (C=O) groups excluding carboxylic acids is 2. The van der Waals surface area contributed by atoms with E-state index in [9.17, 15) is 22.8 Å². The lowest BCUT2D eigenvalue weighted by atomic mass is 10.1. The maximum atomic E-state index is 13.0. The van der Waals surface area contributed by atoms with Crippen molar-refractivity contribution in [1.29, 1.82) is 0 Å². The molecular weight excluding hydrogens is 197 g/mol. The molecule has 2 rings (SSSR count). The fourth-order valence-corrected chi connectivity index (χ4v) is 1.45. The van der Waals surface area contributed by atoms with Crippen molar-refractivity contribution >= 4 is 11.6 Å². The third kappa shape index (κ3) is 0.982. The van der Waals surface area contributed by atoms with E-state index in [-0.39, 0.29) is 6.07 Å². The maximum absolute atomic E-state index is 13.0. The van der Waals surface area contributed by atoms with Gasteiger partial charge in [0.05, 0.1) is 17.5 Å². The van der Waals surface area contributed by atoms with Crippen LogP contribution in [0.2, 0.25) is 0 Å². The SMILES string of the molecule is O=C1CC(=O)c2c(F)c(F)cc(F)c21. The molecule has 72 valence electrons. The molecule has 0 saturated heterocycles. The zero-order valence-electron chi connectivity index (χ0n) is 6.73. The Balaban J connectivity index is 2.86. The highest BCUT2D eigenvalue weighted by Gasteiger charge is 2.35. The van der Waals surface area contributed by atoms with E-state index < -0.39 is 46.6 Å². The summed E-state index contributed by atoms with van der Waals surface area (Å²) in [6, 6.07) is 0.269. The highest BCUT2D eigenvalue weighted by atomic mass is 19.2. The molecule has 0 heterocycles. The molecule has 0 bridgehead atoms. The van der Waals surface area contributed by atoms with Crippen LogP contribution < -0.4 is 0 Å². The molecule has 0 saturated carbocycles. The van der Waals surface area contributed by atoms with E-state index in [1.54, 1.807) is 0 Å². The fourth-order valence-electron chi connectivity index (χ4n) is 1.45. The van der Waals surface area contributed by atoms with Gasteiger partial charge in [-0.2, -0.15) is 0 Å². The highest BCUT2D eigenvalue weighted by molar-refractivity contribution is 6.24. The lowest BCUT2D eigenvalue weighted by Crippen LogP contribution is -2.02. The Morgan fingerprint density at radius 2 is 1.50 bits per heavy atom. The summed E-state index contributed by atoms with van der Waals surface area (Å²) in [7, 11) is 0. The zero-order valence-corrected chi connectivity index (χ0v) is 6.73. The number of carbonyl (C=O) groups is 2. The molecule has 1 aliphatic carbocycles. The molecule has 0 N–H and O–H groups in total. The first kappa shape index (κ1) is 8.93. The summed E-state index contributed by atoms with van der Waals surface area (Å²) in [6.07, 6.45) is -0.591. The summed E-state index contributed by atoms with van der Waals surface area (Å²) in [5.41, 5.74) is -1.39. The molecule has 0 radical (unpaired) electrons. The summed E-state index contributed by atoms with van der Waals surface area (Å²) in [4.78, 5) is 22.0. The molecule has 0 unspecified atom stereocenters. The van der Waals surface area contributed by atoms with Gasteiger partial charge in [0.2, 0.25) is 0 Å². The first-order valence-electron chi connectivity index (χ1n) is 3.76. The number of fused-ring (bicyclic) bond motifs is 1.